The molecule has 4 heteroatoms. The van der Waals surface area contributed by atoms with Crippen molar-refractivity contribution in [1.29, 1.82) is 0 Å². The van der Waals surface area contributed by atoms with Gasteiger partial charge in [0, 0.05) is 10.6 Å². The average molecular weight is 333 g/mol. The molecule has 0 atom stereocenters. The predicted molar refractivity (Wildman–Crippen MR) is 98.9 cm³/mol. The van der Waals surface area contributed by atoms with Crippen molar-refractivity contribution in [3.8, 4) is 0 Å². The van der Waals surface area contributed by atoms with E-state index in [1.165, 1.54) is 18.4 Å². The fraction of sp³-hybridized carbons (Fsp3) is 0.579. The van der Waals surface area contributed by atoms with Crippen LogP contribution in [0.2, 0.25) is 0 Å². The van der Waals surface area contributed by atoms with Crippen molar-refractivity contribution in [3.05, 3.63) is 29.8 Å². The van der Waals surface area contributed by atoms with Gasteiger partial charge in [0.15, 0.2) is 0 Å². The smallest absolute Gasteiger partial charge is 0.250 e. The van der Waals surface area contributed by atoms with Crippen molar-refractivity contribution in [3.63, 3.8) is 0 Å². The molecule has 3 nitrogen and oxygen atoms in total. The first-order valence-electron chi connectivity index (χ1n) is 8.38. The number of carbonyl (C=O) groups excluding carboxylic acids is 1. The van der Waals surface area contributed by atoms with Crippen molar-refractivity contribution in [2.75, 3.05) is 5.75 Å². The van der Waals surface area contributed by atoms with Gasteiger partial charge in [-0.1, -0.05) is 38.5 Å². The lowest BCUT2D eigenvalue weighted by Gasteiger charge is -2.34. The normalized spacial score (nSPS) is 18.6. The number of benzene rings is 1. The summed E-state index contributed by atoms with van der Waals surface area (Å²) in [5.41, 5.74) is 5.46. The summed E-state index contributed by atoms with van der Waals surface area (Å²) in [6, 6.07) is 8.22. The number of aryl methyl sites for hydroxylation is 1. The van der Waals surface area contributed by atoms with E-state index in [0.29, 0.717) is 11.2 Å². The summed E-state index contributed by atoms with van der Waals surface area (Å²) in [4.78, 5) is 13.0. The molecular weight excluding hydrogens is 304 g/mol. The SMILES string of the molecule is Cc1ccc(SCC(=O)NN=C2CCC(C(C)(C)C)CC2)cc1. The number of rotatable bonds is 4. The maximum atomic E-state index is 11.9. The molecule has 0 aliphatic heterocycles. The minimum Gasteiger partial charge on any atom is -0.272 e. The lowest BCUT2D eigenvalue weighted by molar-refractivity contribution is -0.118. The van der Waals surface area contributed by atoms with Gasteiger partial charge in [-0.05, 0) is 56.1 Å². The minimum atomic E-state index is -0.0268. The maximum Gasteiger partial charge on any atom is 0.250 e. The minimum absolute atomic E-state index is 0.0268. The van der Waals surface area contributed by atoms with Crippen LogP contribution in [0.25, 0.3) is 0 Å². The Morgan fingerprint density at radius 1 is 1.22 bits per heavy atom. The topological polar surface area (TPSA) is 41.5 Å². The van der Waals surface area contributed by atoms with Gasteiger partial charge in [-0.15, -0.1) is 11.8 Å². The third-order valence-corrected chi connectivity index (χ3v) is 5.53. The summed E-state index contributed by atoms with van der Waals surface area (Å²) in [6.07, 6.45) is 4.37. The Balaban J connectivity index is 1.73. The predicted octanol–water partition coefficient (Wildman–Crippen LogP) is 4.80. The molecule has 0 unspecified atom stereocenters. The van der Waals surface area contributed by atoms with Gasteiger partial charge in [0.1, 0.15) is 0 Å². The van der Waals surface area contributed by atoms with Crippen LogP contribution in [-0.2, 0) is 4.79 Å². The number of nitrogens with one attached hydrogen (secondary N) is 1. The average Bonchev–Trinajstić information content (AvgIpc) is 2.52. The lowest BCUT2D eigenvalue weighted by Crippen LogP contribution is -2.28. The van der Waals surface area contributed by atoms with Gasteiger partial charge in [-0.2, -0.15) is 5.10 Å². The van der Waals surface area contributed by atoms with E-state index < -0.39 is 0 Å². The Bertz CT molecular complexity index is 548. The molecule has 23 heavy (non-hydrogen) atoms. The van der Waals surface area contributed by atoms with E-state index >= 15 is 0 Å². The summed E-state index contributed by atoms with van der Waals surface area (Å²) >= 11 is 1.55. The molecule has 0 saturated heterocycles. The van der Waals surface area contributed by atoms with Gasteiger partial charge in [0.05, 0.1) is 5.75 Å². The van der Waals surface area contributed by atoms with Gasteiger partial charge < -0.3 is 0 Å². The Morgan fingerprint density at radius 3 is 2.39 bits per heavy atom. The van der Waals surface area contributed by atoms with Crippen LogP contribution in [-0.4, -0.2) is 17.4 Å². The second-order valence-corrected chi connectivity index (χ2v) is 8.50. The lowest BCUT2D eigenvalue weighted by atomic mass is 9.72. The van der Waals surface area contributed by atoms with Crippen LogP contribution in [0.4, 0.5) is 0 Å². The Morgan fingerprint density at radius 2 is 1.83 bits per heavy atom. The van der Waals surface area contributed by atoms with Crippen LogP contribution in [0, 0.1) is 18.3 Å². The van der Waals surface area contributed by atoms with Gasteiger partial charge >= 0.3 is 0 Å². The second kappa shape index (κ2) is 8.00. The summed E-state index contributed by atoms with van der Waals surface area (Å²) in [6.45, 7) is 8.99. The molecule has 0 radical (unpaired) electrons. The van der Waals surface area contributed by atoms with E-state index in [9.17, 15) is 4.79 Å². The zero-order valence-electron chi connectivity index (χ0n) is 14.7. The highest BCUT2D eigenvalue weighted by Gasteiger charge is 2.28. The molecular formula is C19H28N2OS. The standard InChI is InChI=1S/C19H28N2OS/c1-14-5-11-17(12-6-14)23-13-18(22)21-20-16-9-7-15(8-10-16)19(2,3)4/h5-6,11-12,15H,7-10,13H2,1-4H3,(H,21,22). The van der Waals surface area contributed by atoms with E-state index in [0.717, 1.165) is 29.4 Å². The number of thioether (sulfide) groups is 1. The van der Waals surface area contributed by atoms with E-state index in [4.69, 9.17) is 0 Å². The highest BCUT2D eigenvalue weighted by Crippen LogP contribution is 2.36. The number of hydrogen-bond donors (Lipinski definition) is 1. The number of hydrogen-bond acceptors (Lipinski definition) is 3. The number of amides is 1. The van der Waals surface area contributed by atoms with E-state index in [-0.39, 0.29) is 5.91 Å². The van der Waals surface area contributed by atoms with E-state index in [1.54, 1.807) is 11.8 Å². The summed E-state index contributed by atoms with van der Waals surface area (Å²) in [5, 5.41) is 4.33. The summed E-state index contributed by atoms with van der Waals surface area (Å²) < 4.78 is 0. The molecule has 1 aliphatic rings. The molecule has 1 aromatic carbocycles. The van der Waals surface area contributed by atoms with Crippen molar-refractivity contribution < 1.29 is 4.79 Å². The van der Waals surface area contributed by atoms with Crippen molar-refractivity contribution >= 4 is 23.4 Å². The highest BCUT2D eigenvalue weighted by atomic mass is 32.2. The molecule has 0 bridgehead atoms. The zero-order chi connectivity index (χ0) is 16.9. The van der Waals surface area contributed by atoms with Gasteiger partial charge in [0.25, 0.3) is 0 Å². The third kappa shape index (κ3) is 6.02. The molecule has 1 aromatic rings. The van der Waals surface area contributed by atoms with Crippen LogP contribution in [0.15, 0.2) is 34.3 Å². The molecule has 0 aromatic heterocycles. The molecule has 1 aliphatic carbocycles. The largest absolute Gasteiger partial charge is 0.272 e. The van der Waals surface area contributed by atoms with Crippen LogP contribution in [0.3, 0.4) is 0 Å². The van der Waals surface area contributed by atoms with Crippen LogP contribution >= 0.6 is 11.8 Å². The molecule has 1 N–H and O–H groups in total. The maximum absolute atomic E-state index is 11.9. The quantitative estimate of drug-likeness (QED) is 0.636. The molecule has 1 saturated carbocycles. The molecule has 1 fully saturated rings. The molecule has 126 valence electrons. The van der Waals surface area contributed by atoms with Crippen LogP contribution in [0.5, 0.6) is 0 Å². The first-order chi connectivity index (χ1) is 10.8. The zero-order valence-corrected chi connectivity index (χ0v) is 15.5. The molecule has 2 rings (SSSR count). The number of hydrazone groups is 1. The molecule has 0 heterocycles. The van der Waals surface area contributed by atoms with Gasteiger partial charge in [-0.3, -0.25) is 4.79 Å². The first kappa shape index (κ1) is 18.1. The third-order valence-electron chi connectivity index (χ3n) is 4.52. The second-order valence-electron chi connectivity index (χ2n) is 7.46. The van der Waals surface area contributed by atoms with Crippen molar-refractivity contribution in [1.82, 2.24) is 5.43 Å². The van der Waals surface area contributed by atoms with Crippen molar-refractivity contribution in [2.45, 2.75) is 58.3 Å². The monoisotopic (exact) mass is 332 g/mol. The Kier molecular flexibility index (Phi) is 6.28. The Labute approximate surface area is 144 Å². The van der Waals surface area contributed by atoms with Crippen LogP contribution in [0.1, 0.15) is 52.0 Å². The van der Waals surface area contributed by atoms with Gasteiger partial charge in [-0.25, -0.2) is 5.43 Å². The first-order valence-corrected chi connectivity index (χ1v) is 9.37. The molecule has 1 amide bonds. The van der Waals surface area contributed by atoms with Crippen molar-refractivity contribution in [2.24, 2.45) is 16.4 Å². The fourth-order valence-corrected chi connectivity index (χ4v) is 3.58. The molecule has 0 spiro atoms. The Hall–Kier alpha value is -1.29. The number of carbonyl (C=O) groups is 1. The van der Waals surface area contributed by atoms with E-state index in [2.05, 4.69) is 50.4 Å². The summed E-state index contributed by atoms with van der Waals surface area (Å²) in [5.74, 6) is 1.14. The highest BCUT2D eigenvalue weighted by molar-refractivity contribution is 8.00. The van der Waals surface area contributed by atoms with Gasteiger partial charge in [0.2, 0.25) is 5.91 Å². The summed E-state index contributed by atoms with van der Waals surface area (Å²) in [7, 11) is 0. The van der Waals surface area contributed by atoms with Crippen LogP contribution < -0.4 is 5.43 Å². The van der Waals surface area contributed by atoms with E-state index in [1.807, 2.05) is 12.1 Å². The fourth-order valence-electron chi connectivity index (χ4n) is 2.89. The number of nitrogens with zero attached hydrogens (tertiary/aromatic N) is 1.